The van der Waals surface area contributed by atoms with Gasteiger partial charge in [-0.15, -0.1) is 0 Å². The van der Waals surface area contributed by atoms with Crippen LogP contribution in [0.2, 0.25) is 0 Å². The third kappa shape index (κ3) is 4.01. The summed E-state index contributed by atoms with van der Waals surface area (Å²) in [5.74, 6) is 0.358. The van der Waals surface area contributed by atoms with Gasteiger partial charge < -0.3 is 15.4 Å². The first-order chi connectivity index (χ1) is 14.0. The van der Waals surface area contributed by atoms with Crippen LogP contribution >= 0.6 is 0 Å². The lowest BCUT2D eigenvalue weighted by Crippen LogP contribution is -2.11. The summed E-state index contributed by atoms with van der Waals surface area (Å²) in [6, 6.07) is 20.2. The molecule has 0 saturated carbocycles. The molecular formula is C23H19N3O3. The standard InChI is InChI=1S/C23H19N3O3/c1-14(27)24-18-7-3-16-11-17-4-8-19(13-22(17)26-21(16)12-18)25-23(28)15-5-9-20(29-2)10-6-15/h3-13H,1-2H3,(H,24,27)(H,25,28). The van der Waals surface area contributed by atoms with Crippen molar-refractivity contribution in [1.82, 2.24) is 4.98 Å². The van der Waals surface area contributed by atoms with Gasteiger partial charge in [0.05, 0.1) is 18.1 Å². The van der Waals surface area contributed by atoms with Crippen molar-refractivity contribution in [2.75, 3.05) is 17.7 Å². The highest BCUT2D eigenvalue weighted by Gasteiger charge is 2.08. The zero-order valence-corrected chi connectivity index (χ0v) is 16.0. The van der Waals surface area contributed by atoms with Gasteiger partial charge in [0.2, 0.25) is 5.91 Å². The van der Waals surface area contributed by atoms with Crippen LogP contribution in [-0.2, 0) is 4.79 Å². The van der Waals surface area contributed by atoms with Crippen LogP contribution in [0.25, 0.3) is 21.8 Å². The van der Waals surface area contributed by atoms with Crippen LogP contribution in [-0.4, -0.2) is 23.9 Å². The number of fused-ring (bicyclic) bond motifs is 2. The molecule has 0 spiro atoms. The number of aromatic nitrogens is 1. The van der Waals surface area contributed by atoms with E-state index in [-0.39, 0.29) is 11.8 Å². The first-order valence-electron chi connectivity index (χ1n) is 9.09. The van der Waals surface area contributed by atoms with Crippen molar-refractivity contribution in [3.63, 3.8) is 0 Å². The van der Waals surface area contributed by atoms with Crippen LogP contribution in [0.1, 0.15) is 17.3 Å². The maximum Gasteiger partial charge on any atom is 0.255 e. The minimum atomic E-state index is -0.208. The van der Waals surface area contributed by atoms with E-state index in [4.69, 9.17) is 4.74 Å². The molecule has 0 atom stereocenters. The van der Waals surface area contributed by atoms with Crippen molar-refractivity contribution in [3.05, 3.63) is 72.3 Å². The number of carbonyl (C=O) groups excluding carboxylic acids is 2. The molecule has 1 aromatic heterocycles. The van der Waals surface area contributed by atoms with Crippen LogP contribution in [0.15, 0.2) is 66.7 Å². The number of amides is 2. The molecule has 4 aromatic rings. The lowest BCUT2D eigenvalue weighted by atomic mass is 10.1. The maximum absolute atomic E-state index is 12.5. The number of methoxy groups -OCH3 is 1. The zero-order valence-electron chi connectivity index (χ0n) is 16.0. The molecule has 4 rings (SSSR count). The molecule has 0 bridgehead atoms. The van der Waals surface area contributed by atoms with Gasteiger partial charge >= 0.3 is 0 Å². The number of ether oxygens (including phenoxy) is 1. The van der Waals surface area contributed by atoms with Crippen LogP contribution in [0.5, 0.6) is 5.75 Å². The molecule has 6 heteroatoms. The quantitative estimate of drug-likeness (QED) is 0.503. The molecule has 0 unspecified atom stereocenters. The number of anilines is 2. The Morgan fingerprint density at radius 2 is 1.38 bits per heavy atom. The van der Waals surface area contributed by atoms with Gasteiger partial charge in [0, 0.05) is 34.6 Å². The van der Waals surface area contributed by atoms with Crippen molar-refractivity contribution in [2.45, 2.75) is 6.92 Å². The molecule has 0 aliphatic rings. The Morgan fingerprint density at radius 1 is 0.793 bits per heavy atom. The predicted octanol–water partition coefficient (Wildman–Crippen LogP) is 4.61. The van der Waals surface area contributed by atoms with Crippen molar-refractivity contribution in [2.24, 2.45) is 0 Å². The molecule has 0 fully saturated rings. The van der Waals surface area contributed by atoms with E-state index < -0.39 is 0 Å². The Labute approximate surface area is 167 Å². The van der Waals surface area contributed by atoms with Gasteiger partial charge in [-0.3, -0.25) is 9.59 Å². The van der Waals surface area contributed by atoms with Crippen LogP contribution < -0.4 is 15.4 Å². The highest BCUT2D eigenvalue weighted by atomic mass is 16.5. The molecule has 2 N–H and O–H groups in total. The van der Waals surface area contributed by atoms with Crippen LogP contribution in [0.4, 0.5) is 11.4 Å². The molecule has 0 aliphatic heterocycles. The lowest BCUT2D eigenvalue weighted by molar-refractivity contribution is -0.114. The third-order valence-electron chi connectivity index (χ3n) is 4.54. The number of nitrogens with zero attached hydrogens (tertiary/aromatic N) is 1. The molecule has 0 saturated heterocycles. The van der Waals surface area contributed by atoms with Gasteiger partial charge in [-0.1, -0.05) is 12.1 Å². The fourth-order valence-electron chi connectivity index (χ4n) is 3.13. The Bertz CT molecular complexity index is 1230. The van der Waals surface area contributed by atoms with Crippen molar-refractivity contribution in [3.8, 4) is 5.75 Å². The molecule has 3 aromatic carbocycles. The molecule has 2 amide bonds. The molecule has 29 heavy (non-hydrogen) atoms. The Morgan fingerprint density at radius 3 is 1.93 bits per heavy atom. The summed E-state index contributed by atoms with van der Waals surface area (Å²) in [5.41, 5.74) is 3.41. The summed E-state index contributed by atoms with van der Waals surface area (Å²) < 4.78 is 5.12. The van der Waals surface area contributed by atoms with Crippen molar-refractivity contribution < 1.29 is 14.3 Å². The number of benzene rings is 3. The minimum Gasteiger partial charge on any atom is -0.497 e. The second-order valence-electron chi connectivity index (χ2n) is 6.67. The summed E-state index contributed by atoms with van der Waals surface area (Å²) in [5, 5.41) is 7.60. The van der Waals surface area contributed by atoms with Gasteiger partial charge in [-0.2, -0.15) is 0 Å². The van der Waals surface area contributed by atoms with E-state index in [9.17, 15) is 9.59 Å². The number of pyridine rings is 1. The SMILES string of the molecule is COc1ccc(C(=O)Nc2ccc3cc4ccc(NC(C)=O)cc4nc3c2)cc1. The van der Waals surface area contributed by atoms with Gasteiger partial charge in [0.1, 0.15) is 5.75 Å². The number of rotatable bonds is 4. The van der Waals surface area contributed by atoms with Gasteiger partial charge in [-0.05, 0) is 54.6 Å². The maximum atomic E-state index is 12.5. The van der Waals surface area contributed by atoms with Crippen LogP contribution in [0, 0.1) is 0 Å². The van der Waals surface area contributed by atoms with E-state index in [1.807, 2.05) is 42.5 Å². The molecule has 6 nitrogen and oxygen atoms in total. The van der Waals surface area contributed by atoms with Gasteiger partial charge in [0.15, 0.2) is 0 Å². The van der Waals surface area contributed by atoms with E-state index in [0.29, 0.717) is 22.7 Å². The average Bonchev–Trinajstić information content (AvgIpc) is 2.72. The number of hydrogen-bond donors (Lipinski definition) is 2. The molecule has 0 aliphatic carbocycles. The molecule has 1 heterocycles. The smallest absolute Gasteiger partial charge is 0.255 e. The molecule has 0 radical (unpaired) electrons. The zero-order chi connectivity index (χ0) is 20.4. The fraction of sp³-hybridized carbons (Fsp3) is 0.0870. The fourth-order valence-corrected chi connectivity index (χ4v) is 3.13. The van der Waals surface area contributed by atoms with Crippen LogP contribution in [0.3, 0.4) is 0 Å². The summed E-state index contributed by atoms with van der Waals surface area (Å²) >= 11 is 0. The van der Waals surface area contributed by atoms with Gasteiger partial charge in [0.25, 0.3) is 5.91 Å². The lowest BCUT2D eigenvalue weighted by Gasteiger charge is -2.09. The monoisotopic (exact) mass is 385 g/mol. The number of carbonyl (C=O) groups is 2. The van der Waals surface area contributed by atoms with E-state index >= 15 is 0 Å². The van der Waals surface area contributed by atoms with E-state index in [1.54, 1.807) is 31.4 Å². The number of nitrogens with one attached hydrogen (secondary N) is 2. The minimum absolute atomic E-state index is 0.131. The number of hydrogen-bond acceptors (Lipinski definition) is 4. The molecule has 144 valence electrons. The summed E-state index contributed by atoms with van der Waals surface area (Å²) in [6.07, 6.45) is 0. The average molecular weight is 385 g/mol. The predicted molar refractivity (Wildman–Crippen MR) is 114 cm³/mol. The van der Waals surface area contributed by atoms with Crippen molar-refractivity contribution >= 4 is 45.0 Å². The van der Waals surface area contributed by atoms with E-state index in [2.05, 4.69) is 15.6 Å². The third-order valence-corrected chi connectivity index (χ3v) is 4.54. The Hall–Kier alpha value is -3.93. The summed E-state index contributed by atoms with van der Waals surface area (Å²) in [7, 11) is 1.58. The largest absolute Gasteiger partial charge is 0.497 e. The van der Waals surface area contributed by atoms with Gasteiger partial charge in [-0.25, -0.2) is 4.98 Å². The normalized spacial score (nSPS) is 10.7. The Kier molecular flexibility index (Phi) is 4.83. The topological polar surface area (TPSA) is 80.3 Å². The van der Waals surface area contributed by atoms with E-state index in [0.717, 1.165) is 21.8 Å². The second kappa shape index (κ2) is 7.59. The first kappa shape index (κ1) is 18.4. The molecular weight excluding hydrogens is 366 g/mol. The second-order valence-corrected chi connectivity index (χ2v) is 6.67. The Balaban J connectivity index is 1.63. The summed E-state index contributed by atoms with van der Waals surface area (Å²) in [4.78, 5) is 28.5. The summed E-state index contributed by atoms with van der Waals surface area (Å²) in [6.45, 7) is 1.47. The van der Waals surface area contributed by atoms with Crippen molar-refractivity contribution in [1.29, 1.82) is 0 Å². The highest BCUT2D eigenvalue weighted by Crippen LogP contribution is 2.25. The highest BCUT2D eigenvalue weighted by molar-refractivity contribution is 6.05. The van der Waals surface area contributed by atoms with E-state index in [1.165, 1.54) is 6.92 Å². The first-order valence-corrected chi connectivity index (χ1v) is 9.09.